The van der Waals surface area contributed by atoms with Crippen LogP contribution in [0.5, 0.6) is 5.75 Å². The Morgan fingerprint density at radius 2 is 1.91 bits per heavy atom. The molecule has 0 atom stereocenters. The summed E-state index contributed by atoms with van der Waals surface area (Å²) in [6.07, 6.45) is 6.79. The van der Waals surface area contributed by atoms with Gasteiger partial charge in [0.25, 0.3) is 0 Å². The second-order valence-corrected chi connectivity index (χ2v) is 7.92. The third-order valence-electron chi connectivity index (χ3n) is 5.81. The van der Waals surface area contributed by atoms with Crippen molar-refractivity contribution in [2.24, 2.45) is 5.92 Å². The number of anilines is 3. The van der Waals surface area contributed by atoms with E-state index in [0.717, 1.165) is 48.4 Å². The Hall–Kier alpha value is -4.25. The van der Waals surface area contributed by atoms with Gasteiger partial charge in [-0.2, -0.15) is 5.26 Å². The molecule has 0 bridgehead atoms. The highest BCUT2D eigenvalue weighted by atomic mass is 16.5. The lowest BCUT2D eigenvalue weighted by atomic mass is 9.98. The topological polar surface area (TPSA) is 99.8 Å². The number of nitriles is 1. The van der Waals surface area contributed by atoms with E-state index in [1.54, 1.807) is 25.7 Å². The van der Waals surface area contributed by atoms with E-state index in [4.69, 9.17) is 14.7 Å². The molecule has 1 saturated heterocycles. The average molecular weight is 438 g/mol. The lowest BCUT2D eigenvalue weighted by molar-refractivity contribution is 0.417. The highest BCUT2D eigenvalue weighted by Crippen LogP contribution is 2.35. The summed E-state index contributed by atoms with van der Waals surface area (Å²) in [5.41, 5.74) is 2.52. The van der Waals surface area contributed by atoms with Crippen LogP contribution in [0.15, 0.2) is 61.1 Å². The van der Waals surface area contributed by atoms with Crippen LogP contribution in [0.25, 0.3) is 22.3 Å². The summed E-state index contributed by atoms with van der Waals surface area (Å²) >= 11 is 0. The summed E-state index contributed by atoms with van der Waals surface area (Å²) in [5, 5.41) is 13.4. The van der Waals surface area contributed by atoms with E-state index in [1.807, 2.05) is 42.5 Å². The Bertz CT molecular complexity index is 1310. The van der Waals surface area contributed by atoms with Gasteiger partial charge >= 0.3 is 0 Å². The minimum Gasteiger partial charge on any atom is -0.494 e. The van der Waals surface area contributed by atoms with Gasteiger partial charge in [0.05, 0.1) is 36.5 Å². The van der Waals surface area contributed by atoms with Crippen LogP contribution < -0.4 is 15.0 Å². The normalized spacial score (nSPS) is 14.1. The van der Waals surface area contributed by atoms with Crippen molar-refractivity contribution >= 4 is 28.2 Å². The van der Waals surface area contributed by atoms with Crippen LogP contribution in [0.4, 0.5) is 17.3 Å². The molecule has 0 saturated carbocycles. The van der Waals surface area contributed by atoms with Crippen molar-refractivity contribution in [1.29, 1.82) is 5.26 Å². The number of nitrogens with zero attached hydrogens (tertiary/aromatic N) is 6. The molecule has 1 fully saturated rings. The number of para-hydroxylation sites is 1. The molecule has 1 aliphatic rings. The van der Waals surface area contributed by atoms with Gasteiger partial charge in [-0.05, 0) is 37.1 Å². The molecule has 0 radical (unpaired) electrons. The van der Waals surface area contributed by atoms with E-state index >= 15 is 0 Å². The summed E-state index contributed by atoms with van der Waals surface area (Å²) in [6.45, 7) is 1.51. The van der Waals surface area contributed by atoms with Gasteiger partial charge in [0, 0.05) is 36.5 Å². The predicted molar refractivity (Wildman–Crippen MR) is 127 cm³/mol. The van der Waals surface area contributed by atoms with Gasteiger partial charge in [-0.25, -0.2) is 15.0 Å². The first kappa shape index (κ1) is 20.6. The summed E-state index contributed by atoms with van der Waals surface area (Å²) in [5.74, 6) is 2.83. The fourth-order valence-corrected chi connectivity index (χ4v) is 4.08. The number of ether oxygens (including phenoxy) is 1. The predicted octanol–water partition coefficient (Wildman–Crippen LogP) is 4.58. The highest BCUT2D eigenvalue weighted by Gasteiger charge is 2.24. The number of hydrogen-bond donors (Lipinski definition) is 1. The number of pyridine rings is 2. The van der Waals surface area contributed by atoms with Crippen molar-refractivity contribution in [2.45, 2.75) is 12.8 Å². The number of rotatable bonds is 5. The SMILES string of the molecule is COc1cncc2nc(-c3ccnc(Nc4ccccc4)c3)nc(N3CCC(C#N)CC3)c12. The van der Waals surface area contributed by atoms with Crippen LogP contribution in [0.1, 0.15) is 12.8 Å². The lowest BCUT2D eigenvalue weighted by Crippen LogP contribution is -2.34. The van der Waals surface area contributed by atoms with Gasteiger partial charge in [0.1, 0.15) is 17.4 Å². The Labute approximate surface area is 191 Å². The third-order valence-corrected chi connectivity index (χ3v) is 5.81. The zero-order valence-electron chi connectivity index (χ0n) is 18.3. The molecule has 8 heteroatoms. The number of methoxy groups -OCH3 is 1. The van der Waals surface area contributed by atoms with Crippen molar-refractivity contribution in [2.75, 3.05) is 30.4 Å². The van der Waals surface area contributed by atoms with Gasteiger partial charge in [0.2, 0.25) is 0 Å². The molecular weight excluding hydrogens is 414 g/mol. The van der Waals surface area contributed by atoms with E-state index in [1.165, 1.54) is 0 Å². The third kappa shape index (κ3) is 4.26. The van der Waals surface area contributed by atoms with Gasteiger partial charge in [0.15, 0.2) is 5.82 Å². The molecule has 5 rings (SSSR count). The van der Waals surface area contributed by atoms with E-state index in [-0.39, 0.29) is 5.92 Å². The zero-order valence-corrected chi connectivity index (χ0v) is 18.3. The number of piperidine rings is 1. The summed E-state index contributed by atoms with van der Waals surface area (Å²) in [4.78, 5) is 20.7. The highest BCUT2D eigenvalue weighted by molar-refractivity contribution is 5.95. The summed E-state index contributed by atoms with van der Waals surface area (Å²) in [7, 11) is 1.63. The Morgan fingerprint density at radius 1 is 1.09 bits per heavy atom. The maximum Gasteiger partial charge on any atom is 0.162 e. The van der Waals surface area contributed by atoms with Crippen molar-refractivity contribution in [1.82, 2.24) is 19.9 Å². The molecule has 0 spiro atoms. The molecule has 8 nitrogen and oxygen atoms in total. The second-order valence-electron chi connectivity index (χ2n) is 7.92. The van der Waals surface area contributed by atoms with Crippen molar-refractivity contribution in [3.63, 3.8) is 0 Å². The molecule has 0 aliphatic carbocycles. The van der Waals surface area contributed by atoms with Gasteiger partial charge in [-0.3, -0.25) is 4.98 Å². The first-order valence-corrected chi connectivity index (χ1v) is 10.9. The standard InChI is InChI=1S/C25H23N7O/c1-33-21-16-27-15-20-23(21)25(32-11-8-17(14-26)9-12-32)31-24(30-20)18-7-10-28-22(13-18)29-19-5-3-2-4-6-19/h2-7,10,13,15-17H,8-9,11-12H2,1H3,(H,28,29). The molecular formula is C25H23N7O. The van der Waals surface area contributed by atoms with Crippen molar-refractivity contribution in [3.8, 4) is 23.2 Å². The molecule has 1 aromatic carbocycles. The maximum absolute atomic E-state index is 9.29. The molecule has 3 aromatic heterocycles. The van der Waals surface area contributed by atoms with E-state index in [0.29, 0.717) is 22.9 Å². The molecule has 4 heterocycles. The number of fused-ring (bicyclic) bond motifs is 1. The number of hydrogen-bond acceptors (Lipinski definition) is 8. The van der Waals surface area contributed by atoms with Crippen LogP contribution in [0.3, 0.4) is 0 Å². The average Bonchev–Trinajstić information content (AvgIpc) is 2.88. The van der Waals surface area contributed by atoms with Gasteiger partial charge in [-0.1, -0.05) is 18.2 Å². The Morgan fingerprint density at radius 3 is 2.67 bits per heavy atom. The lowest BCUT2D eigenvalue weighted by Gasteiger charge is -2.31. The molecule has 0 unspecified atom stereocenters. The van der Waals surface area contributed by atoms with E-state index < -0.39 is 0 Å². The number of benzene rings is 1. The van der Waals surface area contributed by atoms with Crippen LogP contribution in [0, 0.1) is 17.2 Å². The molecule has 0 amide bonds. The second kappa shape index (κ2) is 9.09. The molecule has 1 aliphatic heterocycles. The monoisotopic (exact) mass is 437 g/mol. The number of aromatic nitrogens is 4. The number of nitrogens with one attached hydrogen (secondary N) is 1. The minimum atomic E-state index is 0.0872. The van der Waals surface area contributed by atoms with Gasteiger partial charge in [-0.15, -0.1) is 0 Å². The quantitative estimate of drug-likeness (QED) is 0.484. The van der Waals surface area contributed by atoms with Crippen LogP contribution in [0.2, 0.25) is 0 Å². The Balaban J connectivity index is 1.57. The molecule has 4 aromatic rings. The smallest absolute Gasteiger partial charge is 0.162 e. The summed E-state index contributed by atoms with van der Waals surface area (Å²) in [6, 6.07) is 16.1. The molecule has 33 heavy (non-hydrogen) atoms. The largest absolute Gasteiger partial charge is 0.494 e. The molecule has 1 N–H and O–H groups in total. The zero-order chi connectivity index (χ0) is 22.6. The minimum absolute atomic E-state index is 0.0872. The maximum atomic E-state index is 9.29. The van der Waals surface area contributed by atoms with Crippen LogP contribution >= 0.6 is 0 Å². The summed E-state index contributed by atoms with van der Waals surface area (Å²) < 4.78 is 5.59. The first-order chi connectivity index (χ1) is 16.2. The van der Waals surface area contributed by atoms with E-state index in [9.17, 15) is 5.26 Å². The Kier molecular flexibility index (Phi) is 5.68. The molecule has 164 valence electrons. The van der Waals surface area contributed by atoms with Crippen molar-refractivity contribution < 1.29 is 4.74 Å². The first-order valence-electron chi connectivity index (χ1n) is 10.9. The van der Waals surface area contributed by atoms with Crippen LogP contribution in [-0.2, 0) is 0 Å². The van der Waals surface area contributed by atoms with Crippen LogP contribution in [-0.4, -0.2) is 40.1 Å². The van der Waals surface area contributed by atoms with Crippen molar-refractivity contribution in [3.05, 3.63) is 61.1 Å². The fraction of sp³-hybridized carbons (Fsp3) is 0.240. The van der Waals surface area contributed by atoms with E-state index in [2.05, 4.69) is 26.3 Å². The van der Waals surface area contributed by atoms with Gasteiger partial charge < -0.3 is 15.0 Å². The fourth-order valence-electron chi connectivity index (χ4n) is 4.08.